The standard InChI is InChI=1S/C16H13N2O.C5H8O2.Ir/c1-11-3-7-13(8-4-11)15-17-18-16(19-15)14-9-5-12(2)6-10-14;1-4(6)3-5(2)7;/h3-9H,1-2H3;3,6H,1-2H3;/q-1;;/b;4-3-;. The summed E-state index contributed by atoms with van der Waals surface area (Å²) in [7, 11) is 0. The zero-order chi connectivity index (χ0) is 19.1. The number of rotatable bonds is 3. The minimum atomic E-state index is -0.125. The molecule has 2 aromatic carbocycles. The van der Waals surface area contributed by atoms with Crippen LogP contribution in [-0.2, 0) is 24.9 Å². The molecule has 143 valence electrons. The largest absolute Gasteiger partial charge is 0.512 e. The van der Waals surface area contributed by atoms with Gasteiger partial charge in [-0.3, -0.25) is 4.79 Å². The van der Waals surface area contributed by atoms with Gasteiger partial charge in [0.15, 0.2) is 11.7 Å². The Morgan fingerprint density at radius 3 is 2.07 bits per heavy atom. The first-order chi connectivity index (χ1) is 12.3. The van der Waals surface area contributed by atoms with Crippen LogP contribution in [0.15, 0.2) is 58.7 Å². The SMILES string of the molecule is CC(=O)/C=C(/C)O.Cc1c[c-]c(-c2nnc(-c3ccc(C)cc3)o2)cc1.[Ir]. The number of hydrogen-bond acceptors (Lipinski definition) is 5. The summed E-state index contributed by atoms with van der Waals surface area (Å²) >= 11 is 0. The van der Waals surface area contributed by atoms with Gasteiger partial charge < -0.3 is 9.52 Å². The monoisotopic (exact) mass is 542 g/mol. The Kier molecular flexibility index (Phi) is 8.79. The summed E-state index contributed by atoms with van der Waals surface area (Å²) in [6.45, 7) is 6.91. The number of aliphatic hydroxyl groups excluding tert-OH is 1. The maximum atomic E-state index is 10.0. The van der Waals surface area contributed by atoms with Crippen LogP contribution in [-0.4, -0.2) is 21.1 Å². The summed E-state index contributed by atoms with van der Waals surface area (Å²) < 4.78 is 5.68. The molecule has 3 rings (SSSR count). The molecule has 0 unspecified atom stereocenters. The second kappa shape index (κ2) is 10.6. The predicted molar refractivity (Wildman–Crippen MR) is 101 cm³/mol. The van der Waals surface area contributed by atoms with Gasteiger partial charge >= 0.3 is 0 Å². The number of allylic oxidation sites excluding steroid dienone is 2. The molecule has 3 aromatic rings. The Labute approximate surface area is 172 Å². The van der Waals surface area contributed by atoms with E-state index in [1.165, 1.54) is 25.5 Å². The van der Waals surface area contributed by atoms with E-state index in [4.69, 9.17) is 9.52 Å². The van der Waals surface area contributed by atoms with Crippen molar-refractivity contribution in [1.82, 2.24) is 10.2 Å². The van der Waals surface area contributed by atoms with Crippen molar-refractivity contribution in [1.29, 1.82) is 0 Å². The van der Waals surface area contributed by atoms with Crippen LogP contribution in [0.5, 0.6) is 0 Å². The zero-order valence-corrected chi connectivity index (χ0v) is 18.0. The number of carbonyl (C=O) groups is 1. The summed E-state index contributed by atoms with van der Waals surface area (Å²) in [5.74, 6) is 0.965. The Balaban J connectivity index is 0.000000395. The first-order valence-electron chi connectivity index (χ1n) is 8.12. The third-order valence-electron chi connectivity index (χ3n) is 3.33. The van der Waals surface area contributed by atoms with E-state index >= 15 is 0 Å². The van der Waals surface area contributed by atoms with Crippen LogP contribution in [0.1, 0.15) is 25.0 Å². The average Bonchev–Trinajstić information content (AvgIpc) is 3.05. The summed E-state index contributed by atoms with van der Waals surface area (Å²) in [6, 6.07) is 17.0. The number of ketones is 1. The molecular weight excluding hydrogens is 520 g/mol. The number of benzene rings is 2. The predicted octanol–water partition coefficient (Wildman–Crippen LogP) is 4.86. The van der Waals surface area contributed by atoms with Crippen molar-refractivity contribution < 1.29 is 34.4 Å². The minimum Gasteiger partial charge on any atom is -0.512 e. The molecule has 0 aliphatic heterocycles. The van der Waals surface area contributed by atoms with Gasteiger partial charge in [-0.05, 0) is 32.9 Å². The molecule has 0 saturated heterocycles. The van der Waals surface area contributed by atoms with Crippen LogP contribution in [0.4, 0.5) is 0 Å². The van der Waals surface area contributed by atoms with Gasteiger partial charge in [-0.25, -0.2) is 0 Å². The normalized spacial score (nSPS) is 10.4. The first-order valence-corrected chi connectivity index (χ1v) is 8.12. The van der Waals surface area contributed by atoms with Crippen molar-refractivity contribution in [2.75, 3.05) is 0 Å². The molecule has 0 fully saturated rings. The van der Waals surface area contributed by atoms with E-state index in [0.29, 0.717) is 11.8 Å². The molecule has 0 saturated carbocycles. The topological polar surface area (TPSA) is 76.2 Å². The van der Waals surface area contributed by atoms with Crippen molar-refractivity contribution >= 4 is 5.78 Å². The molecule has 0 spiro atoms. The number of aryl methyl sites for hydroxylation is 2. The van der Waals surface area contributed by atoms with Gasteiger partial charge in [0, 0.05) is 31.7 Å². The van der Waals surface area contributed by atoms with Gasteiger partial charge in [-0.15, -0.1) is 34.9 Å². The quantitative estimate of drug-likeness (QED) is 0.291. The number of aliphatic hydroxyl groups is 1. The molecule has 6 heteroatoms. The van der Waals surface area contributed by atoms with Crippen molar-refractivity contribution in [3.63, 3.8) is 0 Å². The Bertz CT molecular complexity index is 834. The summed E-state index contributed by atoms with van der Waals surface area (Å²) in [4.78, 5) is 10.0. The van der Waals surface area contributed by atoms with Gasteiger partial charge in [0.2, 0.25) is 5.89 Å². The van der Waals surface area contributed by atoms with E-state index in [2.05, 4.69) is 16.3 Å². The molecule has 27 heavy (non-hydrogen) atoms. The fourth-order valence-corrected chi connectivity index (χ4v) is 2.07. The van der Waals surface area contributed by atoms with Crippen molar-refractivity contribution in [2.24, 2.45) is 0 Å². The molecule has 1 heterocycles. The fourth-order valence-electron chi connectivity index (χ4n) is 2.07. The maximum Gasteiger partial charge on any atom is 0.237 e. The third-order valence-corrected chi connectivity index (χ3v) is 3.33. The van der Waals surface area contributed by atoms with Crippen molar-refractivity contribution in [3.05, 3.63) is 71.5 Å². The average molecular weight is 542 g/mol. The van der Waals surface area contributed by atoms with E-state index in [9.17, 15) is 4.79 Å². The molecular formula is C21H21IrN2O3-. The molecule has 0 atom stereocenters. The van der Waals surface area contributed by atoms with Gasteiger partial charge in [-0.2, -0.15) is 5.10 Å². The van der Waals surface area contributed by atoms with Crippen LogP contribution in [0.25, 0.3) is 22.9 Å². The van der Waals surface area contributed by atoms with Gasteiger partial charge in [-0.1, -0.05) is 30.2 Å². The number of carbonyl (C=O) groups excluding carboxylic acids is 1. The van der Waals surface area contributed by atoms with Crippen LogP contribution in [0, 0.1) is 19.9 Å². The van der Waals surface area contributed by atoms with E-state index in [0.717, 1.165) is 16.7 Å². The zero-order valence-electron chi connectivity index (χ0n) is 15.6. The summed E-state index contributed by atoms with van der Waals surface area (Å²) in [6.07, 6.45) is 1.17. The third kappa shape index (κ3) is 7.29. The maximum absolute atomic E-state index is 10.0. The minimum absolute atomic E-state index is 0. The second-order valence-corrected chi connectivity index (χ2v) is 5.95. The molecule has 1 radical (unpaired) electrons. The molecule has 0 aliphatic rings. The Morgan fingerprint density at radius 1 is 1.00 bits per heavy atom. The second-order valence-electron chi connectivity index (χ2n) is 5.95. The Hall–Kier alpha value is -2.56. The molecule has 0 amide bonds. The van der Waals surface area contributed by atoms with Crippen LogP contribution in [0.3, 0.4) is 0 Å². The van der Waals surface area contributed by atoms with Gasteiger partial charge in [0.1, 0.15) is 0 Å². The van der Waals surface area contributed by atoms with E-state index in [1.807, 2.05) is 56.3 Å². The number of hydrogen-bond donors (Lipinski definition) is 1. The van der Waals surface area contributed by atoms with Crippen molar-refractivity contribution in [2.45, 2.75) is 27.7 Å². The summed E-state index contributed by atoms with van der Waals surface area (Å²) in [5, 5.41) is 16.5. The molecule has 0 bridgehead atoms. The van der Waals surface area contributed by atoms with Gasteiger partial charge in [0.05, 0.1) is 5.76 Å². The summed E-state index contributed by atoms with van der Waals surface area (Å²) in [5.41, 5.74) is 4.10. The van der Waals surface area contributed by atoms with Crippen molar-refractivity contribution in [3.8, 4) is 22.9 Å². The van der Waals surface area contributed by atoms with E-state index < -0.39 is 0 Å². The molecule has 5 nitrogen and oxygen atoms in total. The van der Waals surface area contributed by atoms with E-state index in [-0.39, 0.29) is 31.6 Å². The smallest absolute Gasteiger partial charge is 0.237 e. The van der Waals surface area contributed by atoms with E-state index in [1.54, 1.807) is 0 Å². The Morgan fingerprint density at radius 2 is 1.59 bits per heavy atom. The number of nitrogens with zero attached hydrogens (tertiary/aromatic N) is 2. The molecule has 1 N–H and O–H groups in total. The fraction of sp³-hybridized carbons (Fsp3) is 0.190. The molecule has 1 aromatic heterocycles. The van der Waals surface area contributed by atoms with Crippen LogP contribution >= 0.6 is 0 Å². The van der Waals surface area contributed by atoms with Crippen LogP contribution < -0.4 is 0 Å². The molecule has 0 aliphatic carbocycles. The number of aromatic nitrogens is 2. The first kappa shape index (κ1) is 22.5. The van der Waals surface area contributed by atoms with Gasteiger partial charge in [0.25, 0.3) is 0 Å². The van der Waals surface area contributed by atoms with Crippen LogP contribution in [0.2, 0.25) is 0 Å².